The minimum atomic E-state index is -0.237. The largest absolute Gasteiger partial charge is 0.395 e. The number of hydrogen-bond donors (Lipinski definition) is 1. The zero-order chi connectivity index (χ0) is 11.9. The second-order valence-electron chi connectivity index (χ2n) is 4.48. The average molecular weight is 249 g/mol. The van der Waals surface area contributed by atoms with Crippen LogP contribution in [0.1, 0.15) is 18.5 Å². The first-order valence-corrected chi connectivity index (χ1v) is 6.44. The molecule has 3 rings (SSSR count). The van der Waals surface area contributed by atoms with E-state index in [1.54, 1.807) is 23.5 Å². The number of aliphatic hydroxyl groups excluding tert-OH is 1. The number of thiazole rings is 1. The van der Waals surface area contributed by atoms with E-state index in [9.17, 15) is 9.50 Å². The lowest BCUT2D eigenvalue weighted by molar-refractivity contribution is 0.253. The molecule has 1 aliphatic rings. The van der Waals surface area contributed by atoms with Gasteiger partial charge in [0.15, 0.2) is 0 Å². The maximum atomic E-state index is 12.8. The van der Waals surface area contributed by atoms with Crippen LogP contribution in [0.25, 0.3) is 10.6 Å². The van der Waals surface area contributed by atoms with Gasteiger partial charge in [-0.1, -0.05) is 0 Å². The Labute approximate surface area is 103 Å². The summed E-state index contributed by atoms with van der Waals surface area (Å²) >= 11 is 1.55. The highest BCUT2D eigenvalue weighted by atomic mass is 32.1. The molecule has 4 heteroatoms. The minimum absolute atomic E-state index is 0.0885. The third-order valence-electron chi connectivity index (χ3n) is 3.29. The fraction of sp³-hybridized carbons (Fsp3) is 0.308. The second-order valence-corrected chi connectivity index (χ2v) is 5.34. The topological polar surface area (TPSA) is 33.1 Å². The Bertz CT molecular complexity index is 531. The molecule has 1 aliphatic carbocycles. The van der Waals surface area contributed by atoms with E-state index < -0.39 is 0 Å². The van der Waals surface area contributed by atoms with Crippen molar-refractivity contribution >= 4 is 11.3 Å². The molecule has 0 aliphatic heterocycles. The number of nitrogens with zero attached hydrogens (tertiary/aromatic N) is 1. The van der Waals surface area contributed by atoms with Crippen LogP contribution in [0.3, 0.4) is 0 Å². The molecule has 0 unspecified atom stereocenters. The molecule has 0 amide bonds. The monoisotopic (exact) mass is 249 g/mol. The van der Waals surface area contributed by atoms with Crippen LogP contribution in [0, 0.1) is 5.82 Å². The van der Waals surface area contributed by atoms with E-state index in [0.717, 1.165) is 29.1 Å². The number of hydrogen-bond acceptors (Lipinski definition) is 3. The zero-order valence-corrected chi connectivity index (χ0v) is 10.0. The Balaban J connectivity index is 1.92. The fourth-order valence-corrected chi connectivity index (χ4v) is 2.84. The van der Waals surface area contributed by atoms with Gasteiger partial charge in [-0.15, -0.1) is 11.3 Å². The second kappa shape index (κ2) is 3.89. The van der Waals surface area contributed by atoms with E-state index in [4.69, 9.17) is 0 Å². The first-order valence-electron chi connectivity index (χ1n) is 5.56. The summed E-state index contributed by atoms with van der Waals surface area (Å²) in [4.78, 5) is 4.55. The summed E-state index contributed by atoms with van der Waals surface area (Å²) in [6, 6.07) is 6.34. The maximum absolute atomic E-state index is 12.8. The van der Waals surface area contributed by atoms with E-state index in [0.29, 0.717) is 0 Å². The van der Waals surface area contributed by atoms with Gasteiger partial charge in [0, 0.05) is 16.4 Å². The van der Waals surface area contributed by atoms with Crippen molar-refractivity contribution in [1.82, 2.24) is 4.98 Å². The van der Waals surface area contributed by atoms with Crippen molar-refractivity contribution in [3.05, 3.63) is 41.2 Å². The van der Waals surface area contributed by atoms with E-state index in [1.807, 2.05) is 5.38 Å². The lowest BCUT2D eigenvalue weighted by Gasteiger charge is -2.06. The van der Waals surface area contributed by atoms with Crippen molar-refractivity contribution in [3.8, 4) is 10.6 Å². The number of aromatic nitrogens is 1. The van der Waals surface area contributed by atoms with Gasteiger partial charge in [0.2, 0.25) is 0 Å². The van der Waals surface area contributed by atoms with E-state index in [1.165, 1.54) is 12.1 Å². The molecule has 17 heavy (non-hydrogen) atoms. The van der Waals surface area contributed by atoms with E-state index in [-0.39, 0.29) is 17.8 Å². The summed E-state index contributed by atoms with van der Waals surface area (Å²) in [5.74, 6) is -0.237. The van der Waals surface area contributed by atoms with Crippen LogP contribution in [0.5, 0.6) is 0 Å². The van der Waals surface area contributed by atoms with Crippen LogP contribution in [0.4, 0.5) is 4.39 Å². The molecule has 1 fully saturated rings. The molecule has 1 aromatic carbocycles. The molecule has 0 saturated heterocycles. The number of aliphatic hydroxyl groups is 1. The van der Waals surface area contributed by atoms with Crippen molar-refractivity contribution in [2.24, 2.45) is 0 Å². The summed E-state index contributed by atoms with van der Waals surface area (Å²) in [6.07, 6.45) is 2.02. The maximum Gasteiger partial charge on any atom is 0.123 e. The van der Waals surface area contributed by atoms with Gasteiger partial charge in [-0.2, -0.15) is 0 Å². The molecular weight excluding hydrogens is 237 g/mol. The van der Waals surface area contributed by atoms with Crippen LogP contribution >= 0.6 is 11.3 Å². The van der Waals surface area contributed by atoms with E-state index in [2.05, 4.69) is 4.98 Å². The van der Waals surface area contributed by atoms with Gasteiger partial charge in [0.05, 0.1) is 12.3 Å². The quantitative estimate of drug-likeness (QED) is 0.907. The smallest absolute Gasteiger partial charge is 0.123 e. The molecule has 1 aromatic heterocycles. The van der Waals surface area contributed by atoms with Gasteiger partial charge in [-0.25, -0.2) is 9.37 Å². The summed E-state index contributed by atoms with van der Waals surface area (Å²) in [7, 11) is 0. The third-order valence-corrected chi connectivity index (χ3v) is 4.19. The fourth-order valence-electron chi connectivity index (χ4n) is 1.89. The van der Waals surface area contributed by atoms with Gasteiger partial charge in [-0.05, 0) is 37.1 Å². The highest BCUT2D eigenvalue weighted by molar-refractivity contribution is 7.13. The standard InChI is InChI=1S/C13H12FNOS/c14-10-3-1-9(2-4-10)12-15-11(7-17-12)13(8-16)5-6-13/h1-4,7,16H,5-6,8H2. The van der Waals surface area contributed by atoms with Gasteiger partial charge >= 0.3 is 0 Å². The van der Waals surface area contributed by atoms with Crippen molar-refractivity contribution in [2.75, 3.05) is 6.61 Å². The van der Waals surface area contributed by atoms with Crippen molar-refractivity contribution < 1.29 is 9.50 Å². The Morgan fingerprint density at radius 3 is 2.59 bits per heavy atom. The van der Waals surface area contributed by atoms with Gasteiger partial charge in [0.25, 0.3) is 0 Å². The first kappa shape index (κ1) is 10.9. The lowest BCUT2D eigenvalue weighted by Crippen LogP contribution is -2.11. The predicted octanol–water partition coefficient (Wildman–Crippen LogP) is 2.97. The summed E-state index contributed by atoms with van der Waals surface area (Å²) < 4.78 is 12.8. The highest BCUT2D eigenvalue weighted by Crippen LogP contribution is 2.48. The van der Waals surface area contributed by atoms with Crippen molar-refractivity contribution in [2.45, 2.75) is 18.3 Å². The Morgan fingerprint density at radius 2 is 2.00 bits per heavy atom. The highest BCUT2D eigenvalue weighted by Gasteiger charge is 2.45. The Morgan fingerprint density at radius 1 is 1.29 bits per heavy atom. The van der Waals surface area contributed by atoms with Crippen LogP contribution in [-0.4, -0.2) is 16.7 Å². The SMILES string of the molecule is OCC1(c2csc(-c3ccc(F)cc3)n2)CC1. The summed E-state index contributed by atoms with van der Waals surface area (Å²) in [6.45, 7) is 0.166. The Hall–Kier alpha value is -1.26. The Kier molecular flexibility index (Phi) is 2.49. The molecule has 0 bridgehead atoms. The van der Waals surface area contributed by atoms with Gasteiger partial charge in [-0.3, -0.25) is 0 Å². The molecule has 0 spiro atoms. The zero-order valence-electron chi connectivity index (χ0n) is 9.19. The van der Waals surface area contributed by atoms with E-state index >= 15 is 0 Å². The van der Waals surface area contributed by atoms with Gasteiger partial charge < -0.3 is 5.11 Å². The third kappa shape index (κ3) is 1.87. The molecule has 0 atom stereocenters. The van der Waals surface area contributed by atoms with Crippen LogP contribution in [0.15, 0.2) is 29.6 Å². The van der Waals surface area contributed by atoms with Gasteiger partial charge in [0.1, 0.15) is 10.8 Å². The van der Waals surface area contributed by atoms with Crippen LogP contribution in [-0.2, 0) is 5.41 Å². The molecule has 1 N–H and O–H groups in total. The summed E-state index contributed by atoms with van der Waals surface area (Å²) in [5, 5.41) is 12.2. The number of halogens is 1. The molecule has 1 heterocycles. The van der Waals surface area contributed by atoms with Crippen LogP contribution in [0.2, 0.25) is 0 Å². The summed E-state index contributed by atoms with van der Waals surface area (Å²) in [5.41, 5.74) is 1.81. The normalized spacial score (nSPS) is 17.1. The molecule has 1 saturated carbocycles. The first-order chi connectivity index (χ1) is 8.23. The molecule has 0 radical (unpaired) electrons. The van der Waals surface area contributed by atoms with Crippen molar-refractivity contribution in [3.63, 3.8) is 0 Å². The average Bonchev–Trinajstić information content (AvgIpc) is 3.00. The molecular formula is C13H12FNOS. The molecule has 2 nitrogen and oxygen atoms in total. The molecule has 2 aromatic rings. The number of rotatable bonds is 3. The minimum Gasteiger partial charge on any atom is -0.395 e. The number of benzene rings is 1. The molecule has 88 valence electrons. The van der Waals surface area contributed by atoms with Crippen LogP contribution < -0.4 is 0 Å². The predicted molar refractivity (Wildman–Crippen MR) is 65.5 cm³/mol. The lowest BCUT2D eigenvalue weighted by atomic mass is 10.1. The van der Waals surface area contributed by atoms with Crippen molar-refractivity contribution in [1.29, 1.82) is 0 Å².